The molecule has 19 heavy (non-hydrogen) atoms. The van der Waals surface area contributed by atoms with Gasteiger partial charge in [0, 0.05) is 24.2 Å². The highest BCUT2D eigenvalue weighted by Gasteiger charge is 2.14. The fraction of sp³-hybridized carbons (Fsp3) is 0.750. The third-order valence-corrected chi connectivity index (χ3v) is 3.37. The maximum atomic E-state index is 5.83. The lowest BCUT2D eigenvalue weighted by Gasteiger charge is -2.25. The van der Waals surface area contributed by atoms with Crippen molar-refractivity contribution in [2.24, 2.45) is 0 Å². The Hall–Kier alpha value is -0.800. The molecule has 0 unspecified atom stereocenters. The molecule has 0 amide bonds. The molecule has 3 heteroatoms. The van der Waals surface area contributed by atoms with Crippen molar-refractivity contribution in [3.8, 4) is 0 Å². The molecule has 0 fully saturated rings. The van der Waals surface area contributed by atoms with Gasteiger partial charge in [-0.2, -0.15) is 0 Å². The smallest absolute Gasteiger partial charge is 0.118 e. The summed E-state index contributed by atoms with van der Waals surface area (Å²) in [5.41, 5.74) is 1.32. The van der Waals surface area contributed by atoms with Crippen molar-refractivity contribution in [1.29, 1.82) is 0 Å². The minimum absolute atomic E-state index is 0.487. The zero-order valence-corrected chi connectivity index (χ0v) is 13.4. The fourth-order valence-electron chi connectivity index (χ4n) is 2.16. The monoisotopic (exact) mass is 266 g/mol. The summed E-state index contributed by atoms with van der Waals surface area (Å²) in [5.74, 6) is 2.10. The summed E-state index contributed by atoms with van der Waals surface area (Å²) in [7, 11) is 0. The largest absolute Gasteiger partial charge is 0.465 e. The lowest BCUT2D eigenvalue weighted by Crippen LogP contribution is -2.31. The van der Waals surface area contributed by atoms with Gasteiger partial charge in [0.25, 0.3) is 0 Å². The Labute approximate surface area is 118 Å². The van der Waals surface area contributed by atoms with E-state index in [2.05, 4.69) is 57.8 Å². The van der Waals surface area contributed by atoms with E-state index in [0.29, 0.717) is 12.1 Å². The molecular formula is C16H30N2O. The lowest BCUT2D eigenvalue weighted by molar-refractivity contribution is 0.212. The molecule has 0 spiro atoms. The van der Waals surface area contributed by atoms with Crippen LogP contribution in [0.5, 0.6) is 0 Å². The van der Waals surface area contributed by atoms with Crippen molar-refractivity contribution < 1.29 is 4.42 Å². The van der Waals surface area contributed by atoms with Gasteiger partial charge in [0.05, 0.1) is 6.54 Å². The van der Waals surface area contributed by atoms with E-state index in [1.165, 1.54) is 12.0 Å². The van der Waals surface area contributed by atoms with E-state index < -0.39 is 0 Å². The summed E-state index contributed by atoms with van der Waals surface area (Å²) in [4.78, 5) is 2.50. The number of furan rings is 1. The van der Waals surface area contributed by atoms with Gasteiger partial charge < -0.3 is 9.73 Å². The highest BCUT2D eigenvalue weighted by molar-refractivity contribution is 5.20. The van der Waals surface area contributed by atoms with Crippen molar-refractivity contribution in [1.82, 2.24) is 10.2 Å². The number of nitrogens with zero attached hydrogens (tertiary/aromatic N) is 1. The van der Waals surface area contributed by atoms with Crippen LogP contribution in [-0.2, 0) is 13.1 Å². The molecule has 0 aliphatic carbocycles. The van der Waals surface area contributed by atoms with Gasteiger partial charge in [-0.15, -0.1) is 0 Å². The quantitative estimate of drug-likeness (QED) is 0.777. The molecular weight excluding hydrogens is 236 g/mol. The van der Waals surface area contributed by atoms with Crippen LogP contribution in [0.2, 0.25) is 0 Å². The predicted molar refractivity (Wildman–Crippen MR) is 81.3 cm³/mol. The van der Waals surface area contributed by atoms with E-state index in [4.69, 9.17) is 4.42 Å². The average Bonchev–Trinajstić information content (AvgIpc) is 2.67. The summed E-state index contributed by atoms with van der Waals surface area (Å²) in [6.07, 6.45) is 1.19. The Morgan fingerprint density at radius 2 is 1.95 bits per heavy atom. The molecule has 1 heterocycles. The molecule has 1 N–H and O–H groups in total. The minimum atomic E-state index is 0.487. The van der Waals surface area contributed by atoms with Crippen LogP contribution in [0.3, 0.4) is 0 Å². The maximum Gasteiger partial charge on any atom is 0.118 e. The van der Waals surface area contributed by atoms with Crippen LogP contribution < -0.4 is 5.32 Å². The van der Waals surface area contributed by atoms with Crippen molar-refractivity contribution in [3.05, 3.63) is 23.2 Å². The van der Waals surface area contributed by atoms with Gasteiger partial charge in [-0.05, 0) is 39.8 Å². The van der Waals surface area contributed by atoms with Crippen molar-refractivity contribution in [2.75, 3.05) is 6.54 Å². The lowest BCUT2D eigenvalue weighted by atomic mass is 10.2. The molecule has 0 aliphatic heterocycles. The molecule has 3 nitrogen and oxygen atoms in total. The standard InChI is InChI=1S/C16H30N2O/c1-7-8-18(13(4)5)11-15-9-16(19-14(15)6)10-17-12(2)3/h9,12-13,17H,7-8,10-11H2,1-6H3. The highest BCUT2D eigenvalue weighted by Crippen LogP contribution is 2.18. The van der Waals surface area contributed by atoms with Crippen LogP contribution in [-0.4, -0.2) is 23.5 Å². The molecule has 0 saturated carbocycles. The molecule has 0 saturated heterocycles. The third-order valence-electron chi connectivity index (χ3n) is 3.37. The van der Waals surface area contributed by atoms with Crippen LogP contribution in [0.15, 0.2) is 10.5 Å². The molecule has 1 rings (SSSR count). The van der Waals surface area contributed by atoms with Gasteiger partial charge in [0.15, 0.2) is 0 Å². The first-order valence-electron chi connectivity index (χ1n) is 7.49. The Balaban J connectivity index is 2.67. The summed E-state index contributed by atoms with van der Waals surface area (Å²) in [5, 5.41) is 3.40. The summed E-state index contributed by atoms with van der Waals surface area (Å²) in [6.45, 7) is 16.1. The van der Waals surface area contributed by atoms with E-state index in [-0.39, 0.29) is 0 Å². The van der Waals surface area contributed by atoms with Gasteiger partial charge in [0.1, 0.15) is 11.5 Å². The predicted octanol–water partition coefficient (Wildman–Crippen LogP) is 3.71. The van der Waals surface area contributed by atoms with Crippen LogP contribution in [0, 0.1) is 6.92 Å². The Morgan fingerprint density at radius 3 is 2.47 bits per heavy atom. The Bertz CT molecular complexity index is 369. The fourth-order valence-corrected chi connectivity index (χ4v) is 2.16. The number of hydrogen-bond donors (Lipinski definition) is 1. The van der Waals surface area contributed by atoms with E-state index in [1.807, 2.05) is 0 Å². The van der Waals surface area contributed by atoms with Gasteiger partial charge in [-0.3, -0.25) is 4.90 Å². The first-order valence-corrected chi connectivity index (χ1v) is 7.49. The van der Waals surface area contributed by atoms with Crippen LogP contribution in [0.1, 0.15) is 58.1 Å². The minimum Gasteiger partial charge on any atom is -0.465 e. The van der Waals surface area contributed by atoms with Gasteiger partial charge >= 0.3 is 0 Å². The Kier molecular flexibility index (Phi) is 6.59. The van der Waals surface area contributed by atoms with Crippen LogP contribution in [0.4, 0.5) is 0 Å². The molecule has 0 aliphatic rings. The van der Waals surface area contributed by atoms with Gasteiger partial charge in [-0.25, -0.2) is 0 Å². The van der Waals surface area contributed by atoms with E-state index in [9.17, 15) is 0 Å². The number of nitrogens with one attached hydrogen (secondary N) is 1. The van der Waals surface area contributed by atoms with Crippen LogP contribution >= 0.6 is 0 Å². The van der Waals surface area contributed by atoms with Crippen LogP contribution in [0.25, 0.3) is 0 Å². The molecule has 1 aromatic heterocycles. The van der Waals surface area contributed by atoms with E-state index in [1.54, 1.807) is 0 Å². The molecule has 0 bridgehead atoms. The number of rotatable bonds is 8. The maximum absolute atomic E-state index is 5.83. The third kappa shape index (κ3) is 5.37. The van der Waals surface area contributed by atoms with E-state index >= 15 is 0 Å². The number of hydrogen-bond acceptors (Lipinski definition) is 3. The second-order valence-electron chi connectivity index (χ2n) is 5.89. The molecule has 0 atom stereocenters. The zero-order chi connectivity index (χ0) is 14.4. The molecule has 0 radical (unpaired) electrons. The van der Waals surface area contributed by atoms with Crippen molar-refractivity contribution in [3.63, 3.8) is 0 Å². The molecule has 1 aromatic rings. The summed E-state index contributed by atoms with van der Waals surface area (Å²) >= 11 is 0. The second kappa shape index (κ2) is 7.71. The van der Waals surface area contributed by atoms with Gasteiger partial charge in [0.2, 0.25) is 0 Å². The van der Waals surface area contributed by atoms with Crippen molar-refractivity contribution in [2.45, 2.75) is 73.1 Å². The highest BCUT2D eigenvalue weighted by atomic mass is 16.3. The molecule has 0 aromatic carbocycles. The van der Waals surface area contributed by atoms with Gasteiger partial charge in [-0.1, -0.05) is 20.8 Å². The SMILES string of the molecule is CCCN(Cc1cc(CNC(C)C)oc1C)C(C)C. The normalized spacial score (nSPS) is 12.1. The van der Waals surface area contributed by atoms with E-state index in [0.717, 1.165) is 31.2 Å². The zero-order valence-electron chi connectivity index (χ0n) is 13.4. The summed E-state index contributed by atoms with van der Waals surface area (Å²) in [6, 6.07) is 3.27. The first kappa shape index (κ1) is 16.3. The molecule has 110 valence electrons. The van der Waals surface area contributed by atoms with Crippen molar-refractivity contribution >= 4 is 0 Å². The number of aryl methyl sites for hydroxylation is 1. The Morgan fingerprint density at radius 1 is 1.26 bits per heavy atom. The summed E-state index contributed by atoms with van der Waals surface area (Å²) < 4.78 is 5.83. The first-order chi connectivity index (χ1) is 8.93. The average molecular weight is 266 g/mol. The topological polar surface area (TPSA) is 28.4 Å². The second-order valence-corrected chi connectivity index (χ2v) is 5.89.